The molecule has 0 radical (unpaired) electrons. The number of anilines is 1. The van der Waals surface area contributed by atoms with Gasteiger partial charge < -0.3 is 5.32 Å². The van der Waals surface area contributed by atoms with E-state index in [-0.39, 0.29) is 17.4 Å². The fourth-order valence-corrected chi connectivity index (χ4v) is 5.47. The maximum absolute atomic E-state index is 13.0. The molecular weight excluding hydrogens is 446 g/mol. The third-order valence-corrected chi connectivity index (χ3v) is 7.00. The molecule has 5 rings (SSSR count). The van der Waals surface area contributed by atoms with Crippen molar-refractivity contribution in [1.82, 2.24) is 9.78 Å². The summed E-state index contributed by atoms with van der Waals surface area (Å²) < 4.78 is 25.8. The Hall–Kier alpha value is -3.42. The molecule has 8 heteroatoms. The second-order valence-corrected chi connectivity index (χ2v) is 10.1. The van der Waals surface area contributed by atoms with Gasteiger partial charge in [-0.3, -0.25) is 4.79 Å². The van der Waals surface area contributed by atoms with E-state index in [4.69, 9.17) is 11.6 Å². The van der Waals surface area contributed by atoms with Crippen molar-refractivity contribution < 1.29 is 13.2 Å². The van der Waals surface area contributed by atoms with Gasteiger partial charge in [-0.15, -0.1) is 0 Å². The number of halogens is 1. The van der Waals surface area contributed by atoms with E-state index in [1.165, 1.54) is 0 Å². The van der Waals surface area contributed by atoms with Gasteiger partial charge in [-0.05, 0) is 41.5 Å². The number of sulfone groups is 1. The molecule has 0 saturated carbocycles. The van der Waals surface area contributed by atoms with Crippen LogP contribution in [-0.4, -0.2) is 24.1 Å². The highest BCUT2D eigenvalue weighted by Gasteiger charge is 2.33. The minimum Gasteiger partial charge on any atom is -0.306 e. The van der Waals surface area contributed by atoms with E-state index < -0.39 is 9.84 Å². The van der Waals surface area contributed by atoms with Crippen LogP contribution in [0, 0.1) is 0 Å². The van der Waals surface area contributed by atoms with E-state index in [1.807, 2.05) is 42.5 Å². The monoisotopic (exact) mass is 463 g/mol. The molecule has 6 nitrogen and oxygen atoms in total. The maximum Gasteiger partial charge on any atom is 0.256 e. The number of nitrogens with zero attached hydrogens (tertiary/aromatic N) is 2. The van der Waals surface area contributed by atoms with E-state index in [0.29, 0.717) is 33.3 Å². The summed E-state index contributed by atoms with van der Waals surface area (Å²) in [7, 11) is -3.28. The van der Waals surface area contributed by atoms with Crippen LogP contribution >= 0.6 is 11.6 Å². The molecule has 1 N–H and O–H groups in total. The molecule has 32 heavy (non-hydrogen) atoms. The number of nitrogens with one attached hydrogen (secondary N) is 1. The lowest BCUT2D eigenvalue weighted by molar-refractivity contribution is 0.102. The van der Waals surface area contributed by atoms with Crippen LogP contribution in [-0.2, 0) is 21.3 Å². The molecule has 0 spiro atoms. The van der Waals surface area contributed by atoms with Crippen molar-refractivity contribution in [3.63, 3.8) is 0 Å². The van der Waals surface area contributed by atoms with Gasteiger partial charge >= 0.3 is 0 Å². The second-order valence-electron chi connectivity index (χ2n) is 7.60. The number of hydrogen-bond donors (Lipinski definition) is 1. The fourth-order valence-electron chi connectivity index (χ4n) is 3.79. The molecular formula is C24H18ClN3O3S. The van der Waals surface area contributed by atoms with Gasteiger partial charge in [0.25, 0.3) is 5.91 Å². The number of rotatable bonds is 4. The molecule has 4 aromatic rings. The van der Waals surface area contributed by atoms with Crippen molar-refractivity contribution in [3.8, 4) is 16.8 Å². The predicted molar refractivity (Wildman–Crippen MR) is 125 cm³/mol. The van der Waals surface area contributed by atoms with Gasteiger partial charge in [0.15, 0.2) is 9.84 Å². The largest absolute Gasteiger partial charge is 0.306 e. The van der Waals surface area contributed by atoms with Crippen molar-refractivity contribution in [2.75, 3.05) is 5.32 Å². The Balaban J connectivity index is 1.49. The van der Waals surface area contributed by atoms with Crippen LogP contribution in [0.5, 0.6) is 0 Å². The summed E-state index contributed by atoms with van der Waals surface area (Å²) in [5.41, 5.74) is 4.11. The summed E-state index contributed by atoms with van der Waals surface area (Å²) in [4.78, 5) is 13.0. The number of carbonyl (C=O) groups excluding carboxylic acids is 1. The zero-order valence-electron chi connectivity index (χ0n) is 16.8. The number of amides is 1. The SMILES string of the molecule is O=C(Nc1c2c(nn1-c1cccc(Cl)c1)CS(=O)(=O)C2)c1ccc(-c2ccccc2)cc1. The zero-order chi connectivity index (χ0) is 22.3. The van der Waals surface area contributed by atoms with Crippen molar-refractivity contribution in [2.45, 2.75) is 11.5 Å². The van der Waals surface area contributed by atoms with Crippen molar-refractivity contribution >= 4 is 33.2 Å². The number of carbonyl (C=O) groups is 1. The second kappa shape index (κ2) is 7.93. The van der Waals surface area contributed by atoms with E-state index >= 15 is 0 Å². The Kier molecular flexibility index (Phi) is 5.07. The molecule has 1 amide bonds. The first-order chi connectivity index (χ1) is 15.4. The Morgan fingerprint density at radius 1 is 0.906 bits per heavy atom. The van der Waals surface area contributed by atoms with Crippen molar-refractivity contribution in [1.29, 1.82) is 0 Å². The van der Waals surface area contributed by atoms with Gasteiger partial charge in [-0.1, -0.05) is 60.1 Å². The third kappa shape index (κ3) is 3.92. The summed E-state index contributed by atoms with van der Waals surface area (Å²) >= 11 is 6.13. The maximum atomic E-state index is 13.0. The minimum atomic E-state index is -3.28. The summed E-state index contributed by atoms with van der Waals surface area (Å²) in [6, 6.07) is 24.1. The van der Waals surface area contributed by atoms with Gasteiger partial charge in [0, 0.05) is 16.1 Å². The van der Waals surface area contributed by atoms with E-state index in [1.54, 1.807) is 41.1 Å². The van der Waals surface area contributed by atoms with Crippen LogP contribution in [0.25, 0.3) is 16.8 Å². The molecule has 160 valence electrons. The lowest BCUT2D eigenvalue weighted by Crippen LogP contribution is -2.17. The molecule has 2 heterocycles. The molecule has 1 aromatic heterocycles. The molecule has 0 saturated heterocycles. The fraction of sp³-hybridized carbons (Fsp3) is 0.0833. The highest BCUT2D eigenvalue weighted by molar-refractivity contribution is 7.90. The number of hydrogen-bond acceptors (Lipinski definition) is 4. The summed E-state index contributed by atoms with van der Waals surface area (Å²) in [5, 5.41) is 7.85. The van der Waals surface area contributed by atoms with E-state index in [0.717, 1.165) is 11.1 Å². The summed E-state index contributed by atoms with van der Waals surface area (Å²) in [5.74, 6) is -0.309. The Morgan fingerprint density at radius 2 is 1.62 bits per heavy atom. The molecule has 0 bridgehead atoms. The quantitative estimate of drug-likeness (QED) is 0.468. The smallest absolute Gasteiger partial charge is 0.256 e. The van der Waals surface area contributed by atoms with Crippen LogP contribution in [0.15, 0.2) is 78.9 Å². The molecule has 0 fully saturated rings. The lowest BCUT2D eigenvalue weighted by atomic mass is 10.0. The average Bonchev–Trinajstić information content (AvgIpc) is 3.26. The van der Waals surface area contributed by atoms with Gasteiger partial charge in [0.1, 0.15) is 5.82 Å². The van der Waals surface area contributed by atoms with E-state index in [9.17, 15) is 13.2 Å². The third-order valence-electron chi connectivity index (χ3n) is 5.33. The Morgan fingerprint density at radius 3 is 2.34 bits per heavy atom. The normalized spacial score (nSPS) is 14.2. The number of aromatic nitrogens is 2. The van der Waals surface area contributed by atoms with Crippen LogP contribution in [0.3, 0.4) is 0 Å². The predicted octanol–water partition coefficient (Wildman–Crippen LogP) is 4.87. The van der Waals surface area contributed by atoms with Gasteiger partial charge in [0.05, 0.1) is 22.9 Å². The zero-order valence-corrected chi connectivity index (χ0v) is 18.4. The van der Waals surface area contributed by atoms with Crippen LogP contribution in [0.2, 0.25) is 5.02 Å². The Bertz CT molecular complexity index is 1430. The minimum absolute atomic E-state index is 0.148. The highest BCUT2D eigenvalue weighted by Crippen LogP contribution is 2.33. The molecule has 0 aliphatic carbocycles. The molecule has 1 aliphatic rings. The van der Waals surface area contributed by atoms with E-state index in [2.05, 4.69) is 10.4 Å². The lowest BCUT2D eigenvalue weighted by Gasteiger charge is -2.12. The highest BCUT2D eigenvalue weighted by atomic mass is 35.5. The van der Waals surface area contributed by atoms with Crippen molar-refractivity contribution in [2.24, 2.45) is 0 Å². The van der Waals surface area contributed by atoms with Gasteiger partial charge in [-0.25, -0.2) is 13.1 Å². The van der Waals surface area contributed by atoms with Crippen LogP contribution in [0.4, 0.5) is 5.82 Å². The summed E-state index contributed by atoms with van der Waals surface area (Å²) in [6.07, 6.45) is 0. The molecule has 0 unspecified atom stereocenters. The van der Waals surface area contributed by atoms with Crippen LogP contribution < -0.4 is 5.32 Å². The Labute approximate surface area is 190 Å². The summed E-state index contributed by atoms with van der Waals surface area (Å²) in [6.45, 7) is 0. The van der Waals surface area contributed by atoms with Gasteiger partial charge in [0.2, 0.25) is 0 Å². The first kappa shape index (κ1) is 20.5. The van der Waals surface area contributed by atoms with Crippen LogP contribution in [0.1, 0.15) is 21.6 Å². The molecule has 0 atom stereocenters. The first-order valence-electron chi connectivity index (χ1n) is 9.94. The van der Waals surface area contributed by atoms with Gasteiger partial charge in [-0.2, -0.15) is 5.10 Å². The standard InChI is InChI=1S/C24H18ClN3O3S/c25-19-7-4-8-20(13-19)28-23(21-14-32(30,31)15-22(21)27-28)26-24(29)18-11-9-17(10-12-18)16-5-2-1-3-6-16/h1-13H,14-15H2,(H,26,29). The average molecular weight is 464 g/mol. The first-order valence-corrected chi connectivity index (χ1v) is 12.1. The number of fused-ring (bicyclic) bond motifs is 1. The number of benzene rings is 3. The molecule has 1 aliphatic heterocycles. The topological polar surface area (TPSA) is 81.1 Å². The van der Waals surface area contributed by atoms with Crippen molar-refractivity contribution in [3.05, 3.63) is 101 Å². The molecule has 3 aromatic carbocycles.